The SMILES string of the molecule is CCC(O)CCNC(=O)Cc1cccc(C)c1. The summed E-state index contributed by atoms with van der Waals surface area (Å²) in [5.74, 6) is 0.0129. The first kappa shape index (κ1) is 13.7. The third-order valence-corrected chi connectivity index (χ3v) is 2.72. The molecular weight excluding hydrogens is 214 g/mol. The minimum absolute atomic E-state index is 0.0129. The van der Waals surface area contributed by atoms with E-state index >= 15 is 0 Å². The average molecular weight is 235 g/mol. The highest BCUT2D eigenvalue weighted by molar-refractivity contribution is 5.78. The Kier molecular flexibility index (Phi) is 5.70. The highest BCUT2D eigenvalue weighted by atomic mass is 16.3. The zero-order chi connectivity index (χ0) is 12.7. The fourth-order valence-corrected chi connectivity index (χ4v) is 1.65. The van der Waals surface area contributed by atoms with Gasteiger partial charge in [0.1, 0.15) is 0 Å². The lowest BCUT2D eigenvalue weighted by Gasteiger charge is -2.09. The molecule has 0 saturated heterocycles. The quantitative estimate of drug-likeness (QED) is 0.790. The fourth-order valence-electron chi connectivity index (χ4n) is 1.65. The molecule has 0 saturated carbocycles. The molecule has 0 aliphatic heterocycles. The molecule has 3 heteroatoms. The summed E-state index contributed by atoms with van der Waals surface area (Å²) in [5.41, 5.74) is 2.19. The van der Waals surface area contributed by atoms with Crippen LogP contribution in [0.25, 0.3) is 0 Å². The molecule has 0 bridgehead atoms. The number of hydrogen-bond acceptors (Lipinski definition) is 2. The van der Waals surface area contributed by atoms with E-state index in [2.05, 4.69) is 5.32 Å². The third kappa shape index (κ3) is 5.50. The summed E-state index contributed by atoms with van der Waals surface area (Å²) in [6.07, 6.45) is 1.45. The molecule has 94 valence electrons. The lowest BCUT2D eigenvalue weighted by molar-refractivity contribution is -0.120. The molecule has 1 rings (SSSR count). The predicted octanol–water partition coefficient (Wildman–Crippen LogP) is 1.81. The number of aliphatic hydroxyl groups is 1. The van der Waals surface area contributed by atoms with E-state index in [4.69, 9.17) is 0 Å². The second-order valence-electron chi connectivity index (χ2n) is 4.37. The summed E-state index contributed by atoms with van der Waals surface area (Å²) in [6, 6.07) is 7.94. The van der Waals surface area contributed by atoms with Crippen LogP contribution in [-0.2, 0) is 11.2 Å². The fraction of sp³-hybridized carbons (Fsp3) is 0.500. The zero-order valence-electron chi connectivity index (χ0n) is 10.6. The van der Waals surface area contributed by atoms with Crippen LogP contribution in [0.15, 0.2) is 24.3 Å². The van der Waals surface area contributed by atoms with Gasteiger partial charge in [0.05, 0.1) is 12.5 Å². The average Bonchev–Trinajstić information content (AvgIpc) is 2.28. The molecule has 1 unspecified atom stereocenters. The summed E-state index contributed by atoms with van der Waals surface area (Å²) >= 11 is 0. The number of amides is 1. The minimum Gasteiger partial charge on any atom is -0.393 e. The first-order valence-electron chi connectivity index (χ1n) is 6.12. The topological polar surface area (TPSA) is 49.3 Å². The molecule has 0 spiro atoms. The van der Waals surface area contributed by atoms with Crippen molar-refractivity contribution < 1.29 is 9.90 Å². The maximum atomic E-state index is 11.6. The monoisotopic (exact) mass is 235 g/mol. The largest absolute Gasteiger partial charge is 0.393 e. The molecule has 1 aromatic rings. The second-order valence-corrected chi connectivity index (χ2v) is 4.37. The summed E-state index contributed by atoms with van der Waals surface area (Å²) < 4.78 is 0. The summed E-state index contributed by atoms with van der Waals surface area (Å²) in [4.78, 5) is 11.6. The molecule has 1 atom stereocenters. The van der Waals surface area contributed by atoms with E-state index in [9.17, 15) is 9.90 Å². The van der Waals surface area contributed by atoms with Gasteiger partial charge in [-0.25, -0.2) is 0 Å². The molecule has 1 amide bonds. The van der Waals surface area contributed by atoms with Crippen molar-refractivity contribution in [3.8, 4) is 0 Å². The lowest BCUT2D eigenvalue weighted by Crippen LogP contribution is -2.28. The van der Waals surface area contributed by atoms with Crippen LogP contribution in [0.1, 0.15) is 30.9 Å². The molecule has 1 aromatic carbocycles. The number of nitrogens with one attached hydrogen (secondary N) is 1. The van der Waals surface area contributed by atoms with Crippen molar-refractivity contribution in [2.75, 3.05) is 6.54 Å². The van der Waals surface area contributed by atoms with E-state index in [0.29, 0.717) is 19.4 Å². The van der Waals surface area contributed by atoms with Gasteiger partial charge in [-0.15, -0.1) is 0 Å². The maximum Gasteiger partial charge on any atom is 0.224 e. The van der Waals surface area contributed by atoms with E-state index < -0.39 is 0 Å². The normalized spacial score (nSPS) is 12.2. The van der Waals surface area contributed by atoms with Crippen LogP contribution < -0.4 is 5.32 Å². The summed E-state index contributed by atoms with van der Waals surface area (Å²) in [7, 11) is 0. The molecule has 0 aliphatic rings. The van der Waals surface area contributed by atoms with Gasteiger partial charge in [0.25, 0.3) is 0 Å². The number of rotatable bonds is 6. The third-order valence-electron chi connectivity index (χ3n) is 2.72. The Morgan fingerprint density at radius 2 is 2.24 bits per heavy atom. The van der Waals surface area contributed by atoms with Crippen molar-refractivity contribution in [2.24, 2.45) is 0 Å². The van der Waals surface area contributed by atoms with E-state index in [0.717, 1.165) is 17.5 Å². The Morgan fingerprint density at radius 1 is 1.47 bits per heavy atom. The van der Waals surface area contributed by atoms with E-state index in [1.54, 1.807) is 0 Å². The summed E-state index contributed by atoms with van der Waals surface area (Å²) in [5, 5.41) is 12.2. The standard InChI is InChI=1S/C14H21NO2/c1-3-13(16)7-8-15-14(17)10-12-6-4-5-11(2)9-12/h4-6,9,13,16H,3,7-8,10H2,1-2H3,(H,15,17). The first-order valence-corrected chi connectivity index (χ1v) is 6.12. The van der Waals surface area contributed by atoms with Gasteiger partial charge in [-0.1, -0.05) is 36.8 Å². The molecule has 17 heavy (non-hydrogen) atoms. The predicted molar refractivity (Wildman–Crippen MR) is 68.8 cm³/mol. The van der Waals surface area contributed by atoms with Gasteiger partial charge in [-0.2, -0.15) is 0 Å². The van der Waals surface area contributed by atoms with Crippen LogP contribution in [0.3, 0.4) is 0 Å². The highest BCUT2D eigenvalue weighted by Gasteiger charge is 2.05. The smallest absolute Gasteiger partial charge is 0.224 e. The number of carbonyl (C=O) groups is 1. The number of carbonyl (C=O) groups excluding carboxylic acids is 1. The van der Waals surface area contributed by atoms with Gasteiger partial charge in [-0.05, 0) is 25.3 Å². The molecule has 0 fully saturated rings. The van der Waals surface area contributed by atoms with Crippen molar-refractivity contribution in [3.63, 3.8) is 0 Å². The van der Waals surface area contributed by atoms with Crippen LogP contribution in [-0.4, -0.2) is 23.7 Å². The zero-order valence-corrected chi connectivity index (χ0v) is 10.6. The van der Waals surface area contributed by atoms with E-state index in [1.807, 2.05) is 38.1 Å². The molecule has 3 nitrogen and oxygen atoms in total. The highest BCUT2D eigenvalue weighted by Crippen LogP contribution is 2.04. The van der Waals surface area contributed by atoms with E-state index in [-0.39, 0.29) is 12.0 Å². The van der Waals surface area contributed by atoms with Crippen molar-refractivity contribution in [1.82, 2.24) is 5.32 Å². The minimum atomic E-state index is -0.311. The molecule has 2 N–H and O–H groups in total. The molecular formula is C14H21NO2. The first-order chi connectivity index (χ1) is 8.11. The van der Waals surface area contributed by atoms with Gasteiger partial charge in [0.2, 0.25) is 5.91 Å². The Balaban J connectivity index is 2.30. The lowest BCUT2D eigenvalue weighted by atomic mass is 10.1. The van der Waals surface area contributed by atoms with Crippen LogP contribution in [0.2, 0.25) is 0 Å². The van der Waals surface area contributed by atoms with Gasteiger partial charge in [0, 0.05) is 6.54 Å². The van der Waals surface area contributed by atoms with Gasteiger partial charge >= 0.3 is 0 Å². The Labute approximate surface area is 103 Å². The Morgan fingerprint density at radius 3 is 2.88 bits per heavy atom. The van der Waals surface area contributed by atoms with E-state index in [1.165, 1.54) is 0 Å². The Bertz CT molecular complexity index is 363. The number of hydrogen-bond donors (Lipinski definition) is 2. The van der Waals surface area contributed by atoms with Gasteiger partial charge in [0.15, 0.2) is 0 Å². The van der Waals surface area contributed by atoms with Gasteiger partial charge in [-0.3, -0.25) is 4.79 Å². The number of aryl methyl sites for hydroxylation is 1. The molecule has 0 aliphatic carbocycles. The number of aliphatic hydroxyl groups excluding tert-OH is 1. The maximum absolute atomic E-state index is 11.6. The second kappa shape index (κ2) is 7.07. The molecule has 0 heterocycles. The Hall–Kier alpha value is -1.35. The van der Waals surface area contributed by atoms with Gasteiger partial charge < -0.3 is 10.4 Å². The molecule has 0 aromatic heterocycles. The van der Waals surface area contributed by atoms with Crippen molar-refractivity contribution in [3.05, 3.63) is 35.4 Å². The van der Waals surface area contributed by atoms with Crippen LogP contribution in [0.5, 0.6) is 0 Å². The van der Waals surface area contributed by atoms with Crippen LogP contribution in [0, 0.1) is 6.92 Å². The van der Waals surface area contributed by atoms with Crippen LogP contribution >= 0.6 is 0 Å². The van der Waals surface area contributed by atoms with Crippen molar-refractivity contribution in [2.45, 2.75) is 39.2 Å². The van der Waals surface area contributed by atoms with Crippen molar-refractivity contribution in [1.29, 1.82) is 0 Å². The summed E-state index contributed by atoms with van der Waals surface area (Å²) in [6.45, 7) is 4.48. The molecule has 0 radical (unpaired) electrons. The number of benzene rings is 1. The van der Waals surface area contributed by atoms with Crippen LogP contribution in [0.4, 0.5) is 0 Å². The van der Waals surface area contributed by atoms with Crippen molar-refractivity contribution >= 4 is 5.91 Å².